The van der Waals surface area contributed by atoms with Crippen molar-refractivity contribution in [1.82, 2.24) is 4.90 Å². The zero-order valence-corrected chi connectivity index (χ0v) is 12.4. The van der Waals surface area contributed by atoms with Crippen LogP contribution in [0.5, 0.6) is 0 Å². The van der Waals surface area contributed by atoms with Gasteiger partial charge in [-0.1, -0.05) is 6.07 Å². The predicted molar refractivity (Wildman–Crippen MR) is 79.6 cm³/mol. The van der Waals surface area contributed by atoms with Crippen molar-refractivity contribution in [1.29, 1.82) is 0 Å². The number of anilines is 1. The summed E-state index contributed by atoms with van der Waals surface area (Å²) < 4.78 is 0. The van der Waals surface area contributed by atoms with Crippen LogP contribution in [0, 0.1) is 13.8 Å². The first kappa shape index (κ1) is 14.6. The number of carbonyl (C=O) groups is 2. The lowest BCUT2D eigenvalue weighted by atomic mass is 10.0. The number of rotatable bonds is 1. The van der Waals surface area contributed by atoms with E-state index in [1.807, 2.05) is 39.0 Å². The fraction of sp³-hybridized carbons (Fsp3) is 0.500. The maximum absolute atomic E-state index is 12.2. The second-order valence-corrected chi connectivity index (χ2v) is 5.67. The lowest BCUT2D eigenvalue weighted by Gasteiger charge is -2.32. The van der Waals surface area contributed by atoms with Crippen molar-refractivity contribution in [3.63, 3.8) is 0 Å². The van der Waals surface area contributed by atoms with E-state index in [0.29, 0.717) is 12.2 Å². The van der Waals surface area contributed by atoms with Crippen LogP contribution in [-0.2, 0) is 9.59 Å². The summed E-state index contributed by atoms with van der Waals surface area (Å²) in [5.74, 6) is -0.958. The molecule has 1 N–H and O–H groups in total. The number of nitrogens with one attached hydrogen (secondary N) is 1. The Balaban J connectivity index is 2.05. The monoisotopic (exact) mass is 274 g/mol. The molecule has 0 aliphatic carbocycles. The van der Waals surface area contributed by atoms with Gasteiger partial charge < -0.3 is 10.2 Å². The van der Waals surface area contributed by atoms with Crippen LogP contribution >= 0.6 is 0 Å². The lowest BCUT2D eigenvalue weighted by Crippen LogP contribution is -2.47. The number of carbonyl (C=O) groups excluding carboxylic acids is 2. The molecule has 0 bridgehead atoms. The van der Waals surface area contributed by atoms with Crippen molar-refractivity contribution in [2.75, 3.05) is 11.9 Å². The van der Waals surface area contributed by atoms with Gasteiger partial charge in [-0.25, -0.2) is 0 Å². The molecule has 1 aliphatic rings. The molecule has 0 spiro atoms. The fourth-order valence-electron chi connectivity index (χ4n) is 2.76. The first-order valence-electron chi connectivity index (χ1n) is 7.17. The Morgan fingerprint density at radius 3 is 2.40 bits per heavy atom. The van der Waals surface area contributed by atoms with Gasteiger partial charge in [0.2, 0.25) is 0 Å². The topological polar surface area (TPSA) is 49.4 Å². The summed E-state index contributed by atoms with van der Waals surface area (Å²) in [7, 11) is 0. The van der Waals surface area contributed by atoms with E-state index in [-0.39, 0.29) is 6.04 Å². The van der Waals surface area contributed by atoms with E-state index in [9.17, 15) is 9.59 Å². The number of hydrogen-bond acceptors (Lipinski definition) is 2. The van der Waals surface area contributed by atoms with Crippen LogP contribution in [0.4, 0.5) is 5.69 Å². The van der Waals surface area contributed by atoms with E-state index >= 15 is 0 Å². The van der Waals surface area contributed by atoms with Crippen LogP contribution in [0.15, 0.2) is 18.2 Å². The third kappa shape index (κ3) is 3.38. The van der Waals surface area contributed by atoms with Gasteiger partial charge in [-0.2, -0.15) is 0 Å². The molecule has 2 amide bonds. The maximum atomic E-state index is 12.2. The van der Waals surface area contributed by atoms with Gasteiger partial charge in [0.05, 0.1) is 0 Å². The molecule has 4 heteroatoms. The minimum Gasteiger partial charge on any atom is -0.332 e. The highest BCUT2D eigenvalue weighted by atomic mass is 16.2. The summed E-state index contributed by atoms with van der Waals surface area (Å²) in [4.78, 5) is 26.0. The Hall–Kier alpha value is -1.84. The smallest absolute Gasteiger partial charge is 0.313 e. The molecule has 0 saturated carbocycles. The van der Waals surface area contributed by atoms with Crippen molar-refractivity contribution >= 4 is 17.5 Å². The minimum atomic E-state index is -0.538. The first-order valence-corrected chi connectivity index (χ1v) is 7.17. The Bertz CT molecular complexity index is 505. The van der Waals surface area contributed by atoms with E-state index in [4.69, 9.17) is 0 Å². The molecule has 1 unspecified atom stereocenters. The van der Waals surface area contributed by atoms with Crippen LogP contribution < -0.4 is 5.32 Å². The third-order valence-corrected chi connectivity index (χ3v) is 3.74. The average Bonchev–Trinajstić information content (AvgIpc) is 2.37. The average molecular weight is 274 g/mol. The van der Waals surface area contributed by atoms with E-state index in [0.717, 1.165) is 30.4 Å². The zero-order valence-electron chi connectivity index (χ0n) is 12.4. The van der Waals surface area contributed by atoms with Crippen LogP contribution in [0.25, 0.3) is 0 Å². The minimum absolute atomic E-state index is 0.154. The maximum Gasteiger partial charge on any atom is 0.313 e. The van der Waals surface area contributed by atoms with Crippen molar-refractivity contribution in [2.45, 2.75) is 46.1 Å². The van der Waals surface area contributed by atoms with Gasteiger partial charge in [0.25, 0.3) is 0 Å². The third-order valence-electron chi connectivity index (χ3n) is 3.74. The molecule has 4 nitrogen and oxygen atoms in total. The summed E-state index contributed by atoms with van der Waals surface area (Å²) in [5.41, 5.74) is 2.82. The zero-order chi connectivity index (χ0) is 14.7. The van der Waals surface area contributed by atoms with Crippen molar-refractivity contribution in [3.8, 4) is 0 Å². The summed E-state index contributed by atoms with van der Waals surface area (Å²) in [5, 5.41) is 2.71. The molecule has 1 atom stereocenters. The predicted octanol–water partition coefficient (Wildman–Crippen LogP) is 2.64. The summed E-state index contributed by atoms with van der Waals surface area (Å²) in [6, 6.07) is 5.93. The van der Waals surface area contributed by atoms with E-state index < -0.39 is 11.8 Å². The SMILES string of the molecule is Cc1cc(C)cc(NC(=O)C(=O)N2CCCCC2C)c1. The molecule has 0 radical (unpaired) electrons. The fourth-order valence-corrected chi connectivity index (χ4v) is 2.76. The highest BCUT2D eigenvalue weighted by Crippen LogP contribution is 2.18. The Morgan fingerprint density at radius 1 is 1.15 bits per heavy atom. The van der Waals surface area contributed by atoms with E-state index in [1.165, 1.54) is 0 Å². The Morgan fingerprint density at radius 2 is 1.80 bits per heavy atom. The summed E-state index contributed by atoms with van der Waals surface area (Å²) in [6.07, 6.45) is 3.08. The van der Waals surface area contributed by atoms with Gasteiger partial charge >= 0.3 is 11.8 Å². The molecular weight excluding hydrogens is 252 g/mol. The molecule has 1 heterocycles. The Kier molecular flexibility index (Phi) is 4.42. The lowest BCUT2D eigenvalue weighted by molar-refractivity contribution is -0.145. The van der Waals surface area contributed by atoms with Gasteiger partial charge in [-0.3, -0.25) is 9.59 Å². The number of benzene rings is 1. The molecule has 2 rings (SSSR count). The number of piperidine rings is 1. The summed E-state index contributed by atoms with van der Waals surface area (Å²) in [6.45, 7) is 6.62. The quantitative estimate of drug-likeness (QED) is 0.800. The normalized spacial score (nSPS) is 18.8. The number of aryl methyl sites for hydroxylation is 2. The van der Waals surface area contributed by atoms with E-state index in [1.54, 1.807) is 4.90 Å². The Labute approximate surface area is 120 Å². The van der Waals surface area contributed by atoms with E-state index in [2.05, 4.69) is 5.32 Å². The van der Waals surface area contributed by atoms with Gasteiger partial charge in [0.1, 0.15) is 0 Å². The molecule has 1 fully saturated rings. The van der Waals surface area contributed by atoms with Gasteiger partial charge in [0, 0.05) is 18.3 Å². The van der Waals surface area contributed by atoms with Crippen LogP contribution in [0.1, 0.15) is 37.3 Å². The molecular formula is C16H22N2O2. The molecule has 1 aliphatic heterocycles. The van der Waals surface area contributed by atoms with Crippen LogP contribution in [-0.4, -0.2) is 29.3 Å². The second kappa shape index (κ2) is 6.07. The first-order chi connectivity index (χ1) is 9.47. The summed E-state index contributed by atoms with van der Waals surface area (Å²) >= 11 is 0. The van der Waals surface area contributed by atoms with Crippen molar-refractivity contribution in [2.24, 2.45) is 0 Å². The van der Waals surface area contributed by atoms with Gasteiger partial charge in [0.15, 0.2) is 0 Å². The molecule has 20 heavy (non-hydrogen) atoms. The number of amides is 2. The van der Waals surface area contributed by atoms with Gasteiger partial charge in [-0.15, -0.1) is 0 Å². The van der Waals surface area contributed by atoms with Crippen LogP contribution in [0.3, 0.4) is 0 Å². The molecule has 1 saturated heterocycles. The van der Waals surface area contributed by atoms with Gasteiger partial charge in [-0.05, 0) is 63.3 Å². The van der Waals surface area contributed by atoms with Crippen molar-refractivity contribution < 1.29 is 9.59 Å². The highest BCUT2D eigenvalue weighted by molar-refractivity contribution is 6.39. The molecule has 0 aromatic heterocycles. The molecule has 1 aromatic rings. The number of likely N-dealkylation sites (tertiary alicyclic amines) is 1. The standard InChI is InChI=1S/C16H22N2O2/c1-11-8-12(2)10-14(9-11)17-15(19)16(20)18-7-5-4-6-13(18)3/h8-10,13H,4-7H2,1-3H3,(H,17,19). The van der Waals surface area contributed by atoms with Crippen LogP contribution in [0.2, 0.25) is 0 Å². The van der Waals surface area contributed by atoms with Crippen molar-refractivity contribution in [3.05, 3.63) is 29.3 Å². The highest BCUT2D eigenvalue weighted by Gasteiger charge is 2.28. The molecule has 108 valence electrons. The number of nitrogens with zero attached hydrogens (tertiary/aromatic N) is 1. The number of hydrogen-bond donors (Lipinski definition) is 1. The second-order valence-electron chi connectivity index (χ2n) is 5.67. The largest absolute Gasteiger partial charge is 0.332 e. The molecule has 1 aromatic carbocycles.